The summed E-state index contributed by atoms with van der Waals surface area (Å²) >= 11 is 0. The lowest BCUT2D eigenvalue weighted by atomic mass is 9.97. The summed E-state index contributed by atoms with van der Waals surface area (Å²) < 4.78 is 5.40. The van der Waals surface area contributed by atoms with Crippen LogP contribution in [-0.4, -0.2) is 29.2 Å². The van der Waals surface area contributed by atoms with E-state index in [2.05, 4.69) is 6.92 Å². The van der Waals surface area contributed by atoms with Crippen LogP contribution in [0.5, 0.6) is 0 Å². The van der Waals surface area contributed by atoms with Gasteiger partial charge in [0, 0.05) is 12.6 Å². The van der Waals surface area contributed by atoms with Gasteiger partial charge in [0.15, 0.2) is 0 Å². The van der Waals surface area contributed by atoms with E-state index in [-0.39, 0.29) is 11.7 Å². The normalized spacial score (nSPS) is 30.9. The Morgan fingerprint density at radius 3 is 2.18 bits per heavy atom. The van der Waals surface area contributed by atoms with Crippen LogP contribution in [0.1, 0.15) is 54.4 Å². The van der Waals surface area contributed by atoms with Crippen LogP contribution >= 0.6 is 0 Å². The Morgan fingerprint density at radius 1 is 1.24 bits per heavy atom. The molecule has 1 aliphatic carbocycles. The number of piperidine rings is 1. The van der Waals surface area contributed by atoms with Crippen LogP contribution in [-0.2, 0) is 4.74 Å². The number of amides is 1. The molecule has 3 heteroatoms. The quantitative estimate of drug-likeness (QED) is 0.647. The van der Waals surface area contributed by atoms with Crippen molar-refractivity contribution in [1.29, 1.82) is 0 Å². The molecule has 2 aliphatic rings. The van der Waals surface area contributed by atoms with Gasteiger partial charge in [0.1, 0.15) is 5.60 Å². The molecule has 1 heterocycles. The Morgan fingerprint density at radius 2 is 1.82 bits per heavy atom. The summed E-state index contributed by atoms with van der Waals surface area (Å²) in [4.78, 5) is 13.8. The van der Waals surface area contributed by atoms with Gasteiger partial charge in [-0.25, -0.2) is 4.79 Å². The van der Waals surface area contributed by atoms with E-state index in [4.69, 9.17) is 4.74 Å². The second-order valence-electron chi connectivity index (χ2n) is 6.00. The van der Waals surface area contributed by atoms with Gasteiger partial charge in [-0.3, -0.25) is 0 Å². The molecule has 100 valence electrons. The van der Waals surface area contributed by atoms with Gasteiger partial charge in [-0.2, -0.15) is 0 Å². The van der Waals surface area contributed by atoms with Crippen LogP contribution in [0.3, 0.4) is 0 Å². The van der Waals surface area contributed by atoms with Gasteiger partial charge >= 0.3 is 6.09 Å². The van der Waals surface area contributed by atoms with E-state index in [1.807, 2.05) is 39.5 Å². The highest BCUT2D eigenvalue weighted by atomic mass is 16.6. The van der Waals surface area contributed by atoms with Crippen LogP contribution in [0, 0.1) is 11.8 Å². The number of nitrogens with zero attached hydrogens (tertiary/aromatic N) is 1. The zero-order valence-corrected chi connectivity index (χ0v) is 12.1. The highest BCUT2D eigenvalue weighted by Crippen LogP contribution is 2.42. The first-order valence-electron chi connectivity index (χ1n) is 6.86. The summed E-state index contributed by atoms with van der Waals surface area (Å²) in [7, 11) is 0. The molecule has 2 bridgehead atoms. The van der Waals surface area contributed by atoms with Gasteiger partial charge < -0.3 is 9.64 Å². The Hall–Kier alpha value is -0.730. The lowest BCUT2D eigenvalue weighted by Gasteiger charge is -2.32. The van der Waals surface area contributed by atoms with Crippen molar-refractivity contribution in [2.45, 2.75) is 66.0 Å². The highest BCUT2D eigenvalue weighted by molar-refractivity contribution is 5.69. The maximum Gasteiger partial charge on any atom is 0.410 e. The first-order valence-corrected chi connectivity index (χ1v) is 6.86. The molecule has 0 spiro atoms. The minimum absolute atomic E-state index is 0.123. The second kappa shape index (κ2) is 5.28. The van der Waals surface area contributed by atoms with Crippen LogP contribution in [0.4, 0.5) is 4.79 Å². The fourth-order valence-corrected chi connectivity index (χ4v) is 2.75. The summed E-state index contributed by atoms with van der Waals surface area (Å²) in [5, 5.41) is 0. The van der Waals surface area contributed by atoms with Crippen LogP contribution < -0.4 is 0 Å². The molecule has 0 aromatic heterocycles. The smallest absolute Gasteiger partial charge is 0.410 e. The average Bonchev–Trinajstić information content (AvgIpc) is 2.76. The zero-order chi connectivity index (χ0) is 13.2. The van der Waals surface area contributed by atoms with Crippen molar-refractivity contribution in [2.24, 2.45) is 11.8 Å². The number of rotatable bonds is 0. The monoisotopic (exact) mass is 241 g/mol. The molecule has 0 N–H and O–H groups in total. The molecule has 3 unspecified atom stereocenters. The number of hydrogen-bond acceptors (Lipinski definition) is 2. The lowest BCUT2D eigenvalue weighted by molar-refractivity contribution is 0.0167. The number of fused-ring (bicyclic) bond motifs is 2. The summed E-state index contributed by atoms with van der Waals surface area (Å²) in [6.07, 6.45) is 2.21. The van der Waals surface area contributed by atoms with E-state index in [0.717, 1.165) is 18.9 Å². The Bertz CT molecular complexity index is 268. The second-order valence-corrected chi connectivity index (χ2v) is 6.00. The van der Waals surface area contributed by atoms with Crippen LogP contribution in [0.15, 0.2) is 0 Å². The first-order chi connectivity index (χ1) is 7.87. The van der Waals surface area contributed by atoms with E-state index >= 15 is 0 Å². The largest absolute Gasteiger partial charge is 0.444 e. The van der Waals surface area contributed by atoms with Gasteiger partial charge in [0.05, 0.1) is 0 Å². The average molecular weight is 241 g/mol. The molecule has 3 nitrogen and oxygen atoms in total. The minimum atomic E-state index is -0.371. The predicted molar refractivity (Wildman–Crippen MR) is 70.0 cm³/mol. The van der Waals surface area contributed by atoms with Gasteiger partial charge in [-0.05, 0) is 45.4 Å². The molecule has 1 saturated carbocycles. The molecule has 1 amide bonds. The summed E-state index contributed by atoms with van der Waals surface area (Å²) in [6.45, 7) is 12.9. The number of ether oxygens (including phenoxy) is 1. The molecule has 0 radical (unpaired) electrons. The van der Waals surface area contributed by atoms with E-state index in [0.29, 0.717) is 12.0 Å². The zero-order valence-electron chi connectivity index (χ0n) is 12.1. The van der Waals surface area contributed by atoms with E-state index < -0.39 is 0 Å². The number of carbonyl (C=O) groups is 1. The van der Waals surface area contributed by atoms with Crippen LogP contribution in [0.25, 0.3) is 0 Å². The maximum absolute atomic E-state index is 11.9. The third-order valence-electron chi connectivity index (χ3n) is 3.52. The SMILES string of the molecule is CC.CC1CC2CC1CN2C(=O)OC(C)(C)C. The predicted octanol–water partition coefficient (Wildman–Crippen LogP) is 3.68. The van der Waals surface area contributed by atoms with Gasteiger partial charge in [-0.1, -0.05) is 20.8 Å². The van der Waals surface area contributed by atoms with Crippen molar-refractivity contribution < 1.29 is 9.53 Å². The van der Waals surface area contributed by atoms with Crippen molar-refractivity contribution in [3.8, 4) is 0 Å². The molecule has 17 heavy (non-hydrogen) atoms. The Balaban J connectivity index is 0.000000686. The summed E-state index contributed by atoms with van der Waals surface area (Å²) in [6, 6.07) is 0.444. The van der Waals surface area contributed by atoms with E-state index in [1.165, 1.54) is 6.42 Å². The molecule has 2 fully saturated rings. The van der Waals surface area contributed by atoms with Crippen LogP contribution in [0.2, 0.25) is 0 Å². The molecule has 1 aliphatic heterocycles. The van der Waals surface area contributed by atoms with E-state index in [1.54, 1.807) is 0 Å². The third-order valence-corrected chi connectivity index (χ3v) is 3.52. The van der Waals surface area contributed by atoms with Crippen molar-refractivity contribution in [3.05, 3.63) is 0 Å². The number of hydrogen-bond donors (Lipinski definition) is 0. The molecule has 2 rings (SSSR count). The van der Waals surface area contributed by atoms with Gasteiger partial charge in [0.25, 0.3) is 0 Å². The fourth-order valence-electron chi connectivity index (χ4n) is 2.75. The molecular weight excluding hydrogens is 214 g/mol. The lowest BCUT2D eigenvalue weighted by Crippen LogP contribution is -2.42. The number of carbonyl (C=O) groups excluding carboxylic acids is 1. The van der Waals surface area contributed by atoms with Crippen molar-refractivity contribution in [3.63, 3.8) is 0 Å². The molecular formula is C14H27NO2. The van der Waals surface area contributed by atoms with Gasteiger partial charge in [0.2, 0.25) is 0 Å². The van der Waals surface area contributed by atoms with Crippen molar-refractivity contribution >= 4 is 6.09 Å². The fraction of sp³-hybridized carbons (Fsp3) is 0.929. The molecule has 1 saturated heterocycles. The molecule has 0 aromatic rings. The number of likely N-dealkylation sites (tertiary alicyclic amines) is 1. The van der Waals surface area contributed by atoms with E-state index in [9.17, 15) is 4.79 Å². The van der Waals surface area contributed by atoms with Crippen molar-refractivity contribution in [1.82, 2.24) is 4.90 Å². The standard InChI is InChI=1S/C12H21NO2.C2H6/c1-8-5-10-6-9(8)7-13(10)11(14)15-12(2,3)4;1-2/h8-10H,5-7H2,1-4H3;1-2H3. The first kappa shape index (κ1) is 14.3. The highest BCUT2D eigenvalue weighted by Gasteiger charge is 2.45. The molecule has 3 atom stereocenters. The molecule has 0 aromatic carbocycles. The minimum Gasteiger partial charge on any atom is -0.444 e. The summed E-state index contributed by atoms with van der Waals surface area (Å²) in [5.74, 6) is 1.50. The topological polar surface area (TPSA) is 29.5 Å². The van der Waals surface area contributed by atoms with Gasteiger partial charge in [-0.15, -0.1) is 0 Å². The third kappa shape index (κ3) is 3.36. The maximum atomic E-state index is 11.9. The van der Waals surface area contributed by atoms with Crippen molar-refractivity contribution in [2.75, 3.05) is 6.54 Å². The Kier molecular flexibility index (Phi) is 4.45. The Labute approximate surface area is 106 Å². The summed E-state index contributed by atoms with van der Waals surface area (Å²) in [5.41, 5.74) is -0.371.